The highest BCUT2D eigenvalue weighted by atomic mass is 15.3. The summed E-state index contributed by atoms with van der Waals surface area (Å²) in [5.41, 5.74) is 4.17. The van der Waals surface area contributed by atoms with Crippen LogP contribution in [0.1, 0.15) is 56.6 Å². The van der Waals surface area contributed by atoms with Crippen molar-refractivity contribution in [1.29, 1.82) is 0 Å². The van der Waals surface area contributed by atoms with Crippen molar-refractivity contribution in [2.24, 2.45) is 7.05 Å². The summed E-state index contributed by atoms with van der Waals surface area (Å²) < 4.78 is 2.07. The van der Waals surface area contributed by atoms with Gasteiger partial charge in [0, 0.05) is 18.7 Å². The quantitative estimate of drug-likeness (QED) is 0.789. The molecule has 3 heteroatoms. The third-order valence-electron chi connectivity index (χ3n) is 3.41. The molecule has 16 heavy (non-hydrogen) atoms. The SMILES string of the molecule is Cc1nn(C)c(C2CCCN2)c1C(C)(C)C. The van der Waals surface area contributed by atoms with Crippen LogP contribution < -0.4 is 5.32 Å². The van der Waals surface area contributed by atoms with Gasteiger partial charge in [-0.15, -0.1) is 0 Å². The molecule has 1 atom stereocenters. The fourth-order valence-corrected chi connectivity index (χ4v) is 2.92. The Morgan fingerprint density at radius 3 is 2.56 bits per heavy atom. The summed E-state index contributed by atoms with van der Waals surface area (Å²) >= 11 is 0. The van der Waals surface area contributed by atoms with E-state index in [2.05, 4.69) is 49.8 Å². The summed E-state index contributed by atoms with van der Waals surface area (Å²) in [6.45, 7) is 10.1. The van der Waals surface area contributed by atoms with Crippen LogP contribution in [0.15, 0.2) is 0 Å². The summed E-state index contributed by atoms with van der Waals surface area (Å²) in [6, 6.07) is 0.500. The molecule has 2 heterocycles. The standard InChI is InChI=1S/C13H23N3/c1-9-11(13(2,3)4)12(16(5)15-9)10-7-6-8-14-10/h10,14H,6-8H2,1-5H3. The van der Waals surface area contributed by atoms with E-state index in [0.29, 0.717) is 6.04 Å². The predicted molar refractivity (Wildman–Crippen MR) is 66.6 cm³/mol. The van der Waals surface area contributed by atoms with Crippen molar-refractivity contribution in [2.75, 3.05) is 6.54 Å². The smallest absolute Gasteiger partial charge is 0.0634 e. The van der Waals surface area contributed by atoms with Gasteiger partial charge in [0.2, 0.25) is 0 Å². The monoisotopic (exact) mass is 221 g/mol. The van der Waals surface area contributed by atoms with Gasteiger partial charge in [0.05, 0.1) is 11.4 Å². The summed E-state index contributed by atoms with van der Waals surface area (Å²) in [5, 5.41) is 8.18. The molecule has 0 saturated carbocycles. The first kappa shape index (κ1) is 11.6. The van der Waals surface area contributed by atoms with Crippen LogP contribution in [-0.2, 0) is 12.5 Å². The molecule has 3 nitrogen and oxygen atoms in total. The third-order valence-corrected chi connectivity index (χ3v) is 3.41. The second-order valence-corrected chi connectivity index (χ2v) is 5.87. The van der Waals surface area contributed by atoms with Gasteiger partial charge in [-0.1, -0.05) is 20.8 Å². The molecular formula is C13H23N3. The van der Waals surface area contributed by atoms with Crippen LogP contribution >= 0.6 is 0 Å². The van der Waals surface area contributed by atoms with Crippen LogP contribution in [0.25, 0.3) is 0 Å². The van der Waals surface area contributed by atoms with Crippen molar-refractivity contribution in [3.8, 4) is 0 Å². The fourth-order valence-electron chi connectivity index (χ4n) is 2.92. The molecule has 0 radical (unpaired) electrons. The predicted octanol–water partition coefficient (Wildman–Crippen LogP) is 2.45. The Morgan fingerprint density at radius 1 is 1.38 bits per heavy atom. The molecule has 1 aliphatic heterocycles. The Morgan fingerprint density at radius 2 is 2.06 bits per heavy atom. The average Bonchev–Trinajstić information content (AvgIpc) is 2.70. The van der Waals surface area contributed by atoms with Gasteiger partial charge in [-0.3, -0.25) is 4.68 Å². The van der Waals surface area contributed by atoms with Gasteiger partial charge in [0.15, 0.2) is 0 Å². The van der Waals surface area contributed by atoms with Crippen LogP contribution in [0.5, 0.6) is 0 Å². The second-order valence-electron chi connectivity index (χ2n) is 5.87. The lowest BCUT2D eigenvalue weighted by atomic mass is 9.83. The van der Waals surface area contributed by atoms with Crippen molar-refractivity contribution in [3.63, 3.8) is 0 Å². The van der Waals surface area contributed by atoms with Crippen LogP contribution in [0, 0.1) is 6.92 Å². The fraction of sp³-hybridized carbons (Fsp3) is 0.769. The summed E-state index contributed by atoms with van der Waals surface area (Å²) in [6.07, 6.45) is 2.51. The van der Waals surface area contributed by atoms with Gasteiger partial charge in [-0.05, 0) is 31.7 Å². The molecule has 90 valence electrons. The first-order valence-electron chi connectivity index (χ1n) is 6.18. The molecule has 1 aliphatic rings. The topological polar surface area (TPSA) is 29.9 Å². The van der Waals surface area contributed by atoms with Gasteiger partial charge >= 0.3 is 0 Å². The summed E-state index contributed by atoms with van der Waals surface area (Å²) in [5.74, 6) is 0. The Labute approximate surface area is 98.2 Å². The molecule has 1 saturated heterocycles. The number of nitrogens with one attached hydrogen (secondary N) is 1. The molecule has 1 fully saturated rings. The Bertz CT molecular complexity index is 379. The maximum absolute atomic E-state index is 4.60. The minimum Gasteiger partial charge on any atom is -0.309 e. The zero-order chi connectivity index (χ0) is 11.9. The van der Waals surface area contributed by atoms with E-state index < -0.39 is 0 Å². The molecular weight excluding hydrogens is 198 g/mol. The lowest BCUT2D eigenvalue weighted by Crippen LogP contribution is -2.22. The molecule has 2 rings (SSSR count). The lowest BCUT2D eigenvalue weighted by Gasteiger charge is -2.23. The van der Waals surface area contributed by atoms with E-state index in [1.54, 1.807) is 0 Å². The van der Waals surface area contributed by atoms with Crippen LogP contribution in [-0.4, -0.2) is 16.3 Å². The minimum atomic E-state index is 0.179. The van der Waals surface area contributed by atoms with E-state index in [0.717, 1.165) is 6.54 Å². The molecule has 0 aliphatic carbocycles. The van der Waals surface area contributed by atoms with Gasteiger partial charge in [-0.2, -0.15) is 5.10 Å². The van der Waals surface area contributed by atoms with Gasteiger partial charge in [-0.25, -0.2) is 0 Å². The first-order valence-corrected chi connectivity index (χ1v) is 6.18. The van der Waals surface area contributed by atoms with E-state index >= 15 is 0 Å². The van der Waals surface area contributed by atoms with Crippen LogP contribution in [0.2, 0.25) is 0 Å². The Kier molecular flexibility index (Phi) is 2.82. The lowest BCUT2D eigenvalue weighted by molar-refractivity contribution is 0.530. The molecule has 1 N–H and O–H groups in total. The van der Waals surface area contributed by atoms with E-state index in [1.165, 1.54) is 29.8 Å². The van der Waals surface area contributed by atoms with Gasteiger partial charge in [0.25, 0.3) is 0 Å². The highest BCUT2D eigenvalue weighted by molar-refractivity contribution is 5.34. The van der Waals surface area contributed by atoms with Crippen molar-refractivity contribution in [3.05, 3.63) is 17.0 Å². The normalized spacial score (nSPS) is 21.7. The largest absolute Gasteiger partial charge is 0.309 e. The average molecular weight is 221 g/mol. The van der Waals surface area contributed by atoms with Gasteiger partial charge in [0.1, 0.15) is 0 Å². The number of hydrogen-bond acceptors (Lipinski definition) is 2. The zero-order valence-electron chi connectivity index (χ0n) is 11.1. The Hall–Kier alpha value is -0.830. The zero-order valence-corrected chi connectivity index (χ0v) is 11.1. The third kappa shape index (κ3) is 1.88. The number of hydrogen-bond donors (Lipinski definition) is 1. The first-order chi connectivity index (χ1) is 7.41. The summed E-state index contributed by atoms with van der Waals surface area (Å²) in [7, 11) is 2.07. The van der Waals surface area contributed by atoms with Crippen molar-refractivity contribution in [2.45, 2.75) is 52.0 Å². The summed E-state index contributed by atoms with van der Waals surface area (Å²) in [4.78, 5) is 0. The Balaban J connectivity index is 2.50. The number of aryl methyl sites for hydroxylation is 2. The van der Waals surface area contributed by atoms with Gasteiger partial charge < -0.3 is 5.32 Å². The molecule has 0 amide bonds. The second kappa shape index (κ2) is 3.88. The number of nitrogens with zero attached hydrogens (tertiary/aromatic N) is 2. The molecule has 0 aromatic carbocycles. The van der Waals surface area contributed by atoms with Crippen molar-refractivity contribution >= 4 is 0 Å². The highest BCUT2D eigenvalue weighted by Gasteiger charge is 2.30. The maximum atomic E-state index is 4.60. The maximum Gasteiger partial charge on any atom is 0.0634 e. The highest BCUT2D eigenvalue weighted by Crippen LogP contribution is 2.34. The van der Waals surface area contributed by atoms with E-state index in [4.69, 9.17) is 0 Å². The van der Waals surface area contributed by atoms with Crippen LogP contribution in [0.4, 0.5) is 0 Å². The molecule has 1 aromatic heterocycles. The van der Waals surface area contributed by atoms with Crippen molar-refractivity contribution < 1.29 is 0 Å². The minimum absolute atomic E-state index is 0.179. The molecule has 0 spiro atoms. The molecule has 0 bridgehead atoms. The number of rotatable bonds is 1. The van der Waals surface area contributed by atoms with Crippen LogP contribution in [0.3, 0.4) is 0 Å². The molecule has 1 unspecified atom stereocenters. The van der Waals surface area contributed by atoms with E-state index in [-0.39, 0.29) is 5.41 Å². The number of aromatic nitrogens is 2. The van der Waals surface area contributed by atoms with E-state index in [9.17, 15) is 0 Å². The molecule has 1 aromatic rings. The van der Waals surface area contributed by atoms with Crippen molar-refractivity contribution in [1.82, 2.24) is 15.1 Å². The van der Waals surface area contributed by atoms with E-state index in [1.807, 2.05) is 0 Å².